The van der Waals surface area contributed by atoms with E-state index in [9.17, 15) is 9.59 Å². The van der Waals surface area contributed by atoms with Crippen molar-refractivity contribution in [2.75, 3.05) is 19.6 Å². The van der Waals surface area contributed by atoms with Crippen LogP contribution in [0.4, 0.5) is 4.79 Å². The number of piperidine rings is 1. The highest BCUT2D eigenvalue weighted by atomic mass is 16.4. The average molecular weight is 270 g/mol. The first kappa shape index (κ1) is 15.8. The molecule has 1 aliphatic rings. The number of unbranched alkanes of at least 4 members (excludes halogenated alkanes) is 1. The van der Waals surface area contributed by atoms with Crippen molar-refractivity contribution in [1.82, 2.24) is 10.2 Å². The van der Waals surface area contributed by atoms with E-state index in [4.69, 9.17) is 5.11 Å². The molecule has 2 amide bonds. The van der Waals surface area contributed by atoms with Gasteiger partial charge in [0.05, 0.1) is 0 Å². The van der Waals surface area contributed by atoms with Gasteiger partial charge in [0.1, 0.15) is 0 Å². The summed E-state index contributed by atoms with van der Waals surface area (Å²) in [6.07, 6.45) is 4.81. The van der Waals surface area contributed by atoms with E-state index >= 15 is 0 Å². The van der Waals surface area contributed by atoms with Crippen LogP contribution in [0.25, 0.3) is 0 Å². The molecule has 0 atom stereocenters. The molecule has 0 aromatic carbocycles. The van der Waals surface area contributed by atoms with Gasteiger partial charge in [-0.05, 0) is 31.1 Å². The molecule has 0 aromatic rings. The summed E-state index contributed by atoms with van der Waals surface area (Å²) in [7, 11) is 0. The molecule has 1 saturated heterocycles. The van der Waals surface area contributed by atoms with Gasteiger partial charge in [-0.1, -0.05) is 20.3 Å². The number of rotatable bonds is 6. The molecule has 5 heteroatoms. The number of hydrogen-bond donors (Lipinski definition) is 2. The third-order valence-electron chi connectivity index (χ3n) is 4.20. The van der Waals surface area contributed by atoms with Crippen LogP contribution in [0.3, 0.4) is 0 Å². The Morgan fingerprint density at radius 3 is 2.42 bits per heavy atom. The van der Waals surface area contributed by atoms with Crippen molar-refractivity contribution in [3.63, 3.8) is 0 Å². The quantitative estimate of drug-likeness (QED) is 0.728. The summed E-state index contributed by atoms with van der Waals surface area (Å²) in [5.74, 6) is -0.777. The topological polar surface area (TPSA) is 69.6 Å². The molecule has 19 heavy (non-hydrogen) atoms. The molecular formula is C14H26N2O3. The van der Waals surface area contributed by atoms with Crippen LogP contribution >= 0.6 is 0 Å². The zero-order chi connectivity index (χ0) is 14.3. The summed E-state index contributed by atoms with van der Waals surface area (Å²) < 4.78 is 0. The van der Waals surface area contributed by atoms with Crippen LogP contribution < -0.4 is 5.32 Å². The molecule has 0 aromatic heterocycles. The lowest BCUT2D eigenvalue weighted by Crippen LogP contribution is -2.46. The maximum atomic E-state index is 11.9. The molecule has 1 fully saturated rings. The Balaban J connectivity index is 2.16. The van der Waals surface area contributed by atoms with E-state index in [-0.39, 0.29) is 12.5 Å². The third kappa shape index (κ3) is 5.49. The van der Waals surface area contributed by atoms with Crippen molar-refractivity contribution < 1.29 is 14.7 Å². The number of nitrogens with one attached hydrogen (secondary N) is 1. The lowest BCUT2D eigenvalue weighted by molar-refractivity contribution is -0.137. The minimum absolute atomic E-state index is 0.00604. The third-order valence-corrected chi connectivity index (χ3v) is 4.20. The Kier molecular flexibility index (Phi) is 6.12. The van der Waals surface area contributed by atoms with Crippen molar-refractivity contribution in [2.24, 2.45) is 5.41 Å². The van der Waals surface area contributed by atoms with Crippen molar-refractivity contribution in [3.05, 3.63) is 0 Å². The summed E-state index contributed by atoms with van der Waals surface area (Å²) in [6.45, 7) is 6.70. The second-order valence-electron chi connectivity index (χ2n) is 5.73. The van der Waals surface area contributed by atoms with E-state index in [1.807, 2.05) is 4.90 Å². The van der Waals surface area contributed by atoms with E-state index < -0.39 is 5.97 Å². The molecule has 0 bridgehead atoms. The van der Waals surface area contributed by atoms with Crippen LogP contribution in [0.5, 0.6) is 0 Å². The minimum Gasteiger partial charge on any atom is -0.481 e. The maximum Gasteiger partial charge on any atom is 0.317 e. The fraction of sp³-hybridized carbons (Fsp3) is 0.857. The number of carboxylic acids is 1. The minimum atomic E-state index is -0.777. The van der Waals surface area contributed by atoms with Crippen LogP contribution in [0.1, 0.15) is 52.4 Å². The van der Waals surface area contributed by atoms with Crippen molar-refractivity contribution in [3.8, 4) is 0 Å². The second kappa shape index (κ2) is 7.36. The zero-order valence-corrected chi connectivity index (χ0v) is 12.1. The average Bonchev–Trinajstić information content (AvgIpc) is 2.38. The SMILES string of the molecule is CCC1(C)CCN(C(=O)NCCCCC(=O)O)CC1. The lowest BCUT2D eigenvalue weighted by atomic mass is 9.78. The summed E-state index contributed by atoms with van der Waals surface area (Å²) in [4.78, 5) is 24.1. The highest BCUT2D eigenvalue weighted by Crippen LogP contribution is 2.33. The van der Waals surface area contributed by atoms with Crippen molar-refractivity contribution >= 4 is 12.0 Å². The van der Waals surface area contributed by atoms with Crippen LogP contribution in [0.15, 0.2) is 0 Å². The number of carboxylic acid groups (broad SMARTS) is 1. The van der Waals surface area contributed by atoms with E-state index in [2.05, 4.69) is 19.2 Å². The van der Waals surface area contributed by atoms with Crippen LogP contribution in [0, 0.1) is 5.41 Å². The van der Waals surface area contributed by atoms with Crippen molar-refractivity contribution in [2.45, 2.75) is 52.4 Å². The van der Waals surface area contributed by atoms with E-state index in [1.165, 1.54) is 0 Å². The number of nitrogens with zero attached hydrogens (tertiary/aromatic N) is 1. The molecule has 0 saturated carbocycles. The number of amides is 2. The Bertz CT molecular complexity index is 310. The molecule has 1 rings (SSSR count). The summed E-state index contributed by atoms with van der Waals surface area (Å²) in [5.41, 5.74) is 0.387. The highest BCUT2D eigenvalue weighted by Gasteiger charge is 2.29. The Morgan fingerprint density at radius 2 is 1.89 bits per heavy atom. The van der Waals surface area contributed by atoms with Crippen LogP contribution in [-0.4, -0.2) is 41.6 Å². The fourth-order valence-electron chi connectivity index (χ4n) is 2.31. The van der Waals surface area contributed by atoms with Crippen molar-refractivity contribution in [1.29, 1.82) is 0 Å². The van der Waals surface area contributed by atoms with Gasteiger partial charge in [-0.15, -0.1) is 0 Å². The molecule has 2 N–H and O–H groups in total. The molecule has 0 unspecified atom stereocenters. The number of carbonyl (C=O) groups is 2. The zero-order valence-electron chi connectivity index (χ0n) is 12.1. The van der Waals surface area contributed by atoms with Gasteiger partial charge in [0.15, 0.2) is 0 Å². The fourth-order valence-corrected chi connectivity index (χ4v) is 2.31. The molecule has 5 nitrogen and oxygen atoms in total. The van der Waals surface area contributed by atoms with Gasteiger partial charge >= 0.3 is 12.0 Å². The summed E-state index contributed by atoms with van der Waals surface area (Å²) in [6, 6.07) is -0.00604. The normalized spacial score (nSPS) is 18.1. The van der Waals surface area contributed by atoms with E-state index in [1.54, 1.807) is 0 Å². The number of carbonyl (C=O) groups excluding carboxylic acids is 1. The number of likely N-dealkylation sites (tertiary alicyclic amines) is 1. The number of urea groups is 1. The first-order valence-corrected chi connectivity index (χ1v) is 7.21. The molecular weight excluding hydrogens is 244 g/mol. The van der Waals surface area contributed by atoms with Crippen LogP contribution in [0.2, 0.25) is 0 Å². The summed E-state index contributed by atoms with van der Waals surface area (Å²) in [5, 5.41) is 11.4. The predicted molar refractivity (Wildman–Crippen MR) is 74.1 cm³/mol. The monoisotopic (exact) mass is 270 g/mol. The smallest absolute Gasteiger partial charge is 0.317 e. The second-order valence-corrected chi connectivity index (χ2v) is 5.73. The van der Waals surface area contributed by atoms with Gasteiger partial charge in [0.25, 0.3) is 0 Å². The Labute approximate surface area is 115 Å². The van der Waals surface area contributed by atoms with Gasteiger partial charge in [-0.25, -0.2) is 4.79 Å². The van der Waals surface area contributed by atoms with Gasteiger partial charge in [0, 0.05) is 26.1 Å². The standard InChI is InChI=1S/C14H26N2O3/c1-3-14(2)7-10-16(11-8-14)13(19)15-9-5-4-6-12(17)18/h3-11H2,1-2H3,(H,15,19)(H,17,18). The number of aliphatic carboxylic acids is 1. The predicted octanol–water partition coefficient (Wildman–Crippen LogP) is 2.46. The van der Waals surface area contributed by atoms with Crippen LogP contribution in [-0.2, 0) is 4.79 Å². The van der Waals surface area contributed by atoms with E-state index in [0.29, 0.717) is 18.4 Å². The highest BCUT2D eigenvalue weighted by molar-refractivity contribution is 5.74. The molecule has 1 aliphatic heterocycles. The maximum absolute atomic E-state index is 11.9. The Hall–Kier alpha value is -1.26. The van der Waals surface area contributed by atoms with Gasteiger partial charge in [-0.3, -0.25) is 4.79 Å². The van der Waals surface area contributed by atoms with Gasteiger partial charge < -0.3 is 15.3 Å². The molecule has 0 aliphatic carbocycles. The van der Waals surface area contributed by atoms with E-state index in [0.717, 1.165) is 38.8 Å². The molecule has 0 radical (unpaired) electrons. The number of hydrogen-bond acceptors (Lipinski definition) is 2. The molecule has 0 spiro atoms. The van der Waals surface area contributed by atoms with Gasteiger partial charge in [-0.2, -0.15) is 0 Å². The van der Waals surface area contributed by atoms with Gasteiger partial charge in [0.2, 0.25) is 0 Å². The largest absolute Gasteiger partial charge is 0.481 e. The summed E-state index contributed by atoms with van der Waals surface area (Å²) >= 11 is 0. The molecule has 1 heterocycles. The lowest BCUT2D eigenvalue weighted by Gasteiger charge is -2.38. The Morgan fingerprint density at radius 1 is 1.26 bits per heavy atom. The molecule has 110 valence electrons. The first-order chi connectivity index (χ1) is 8.97. The first-order valence-electron chi connectivity index (χ1n) is 7.21.